The van der Waals surface area contributed by atoms with Crippen LogP contribution in [0.3, 0.4) is 0 Å². The highest BCUT2D eigenvalue weighted by molar-refractivity contribution is 6.31. The van der Waals surface area contributed by atoms with Gasteiger partial charge in [-0.3, -0.25) is 0 Å². The number of hydrogen-bond donors (Lipinski definition) is 1. The lowest BCUT2D eigenvalue weighted by atomic mass is 9.99. The second-order valence-corrected chi connectivity index (χ2v) is 4.45. The van der Waals surface area contributed by atoms with E-state index in [9.17, 15) is 4.39 Å². The largest absolute Gasteiger partial charge is 0.489 e. The van der Waals surface area contributed by atoms with E-state index in [2.05, 4.69) is 0 Å². The van der Waals surface area contributed by atoms with Crippen LogP contribution < -0.4 is 9.47 Å². The molecule has 1 unspecified atom stereocenters. The summed E-state index contributed by atoms with van der Waals surface area (Å²) in [6.45, 7) is 2.53. The first-order chi connectivity index (χ1) is 8.15. The van der Waals surface area contributed by atoms with E-state index in [-0.39, 0.29) is 23.1 Å². The molecule has 0 amide bonds. The van der Waals surface area contributed by atoms with Crippen molar-refractivity contribution in [2.24, 2.45) is 0 Å². The molecule has 5 heteroatoms. The van der Waals surface area contributed by atoms with Crippen LogP contribution in [-0.2, 0) is 0 Å². The molecule has 2 rings (SSSR count). The van der Waals surface area contributed by atoms with E-state index in [1.54, 1.807) is 6.92 Å². The van der Waals surface area contributed by atoms with Crippen molar-refractivity contribution in [3.05, 3.63) is 22.5 Å². The molecule has 0 fully saturated rings. The van der Waals surface area contributed by atoms with Crippen molar-refractivity contribution in [2.45, 2.75) is 19.3 Å². The molecule has 17 heavy (non-hydrogen) atoms. The van der Waals surface area contributed by atoms with Gasteiger partial charge in [-0.2, -0.15) is 0 Å². The lowest BCUT2D eigenvalue weighted by Gasteiger charge is -2.18. The summed E-state index contributed by atoms with van der Waals surface area (Å²) in [5.41, 5.74) is 0.289. The molecule has 1 aliphatic rings. The van der Waals surface area contributed by atoms with Crippen molar-refractivity contribution in [3.8, 4) is 11.5 Å². The Hall–Kier alpha value is -1.00. The zero-order valence-electron chi connectivity index (χ0n) is 9.50. The fourth-order valence-corrected chi connectivity index (χ4v) is 2.01. The monoisotopic (exact) mass is 260 g/mol. The maximum absolute atomic E-state index is 14.0. The van der Waals surface area contributed by atoms with Crippen LogP contribution >= 0.6 is 11.6 Å². The van der Waals surface area contributed by atoms with Crippen LogP contribution in [0, 0.1) is 5.82 Å². The molecule has 0 saturated carbocycles. The molecule has 1 aromatic carbocycles. The van der Waals surface area contributed by atoms with Gasteiger partial charge in [-0.1, -0.05) is 18.5 Å². The quantitative estimate of drug-likeness (QED) is 0.889. The molecule has 0 aliphatic carbocycles. The van der Waals surface area contributed by atoms with Gasteiger partial charge in [0.25, 0.3) is 0 Å². The Labute approximate surface area is 104 Å². The normalized spacial score (nSPS) is 16.5. The minimum absolute atomic E-state index is 0.00968. The van der Waals surface area contributed by atoms with Crippen LogP contribution in [0.1, 0.15) is 24.8 Å². The standard InChI is InChI=1S/C12H14ClFO3/c1-7(6-15)10-11(14)8(13)5-9-12(10)17-4-2-3-16-9/h5,7,15H,2-4,6H2,1H3. The Morgan fingerprint density at radius 3 is 2.88 bits per heavy atom. The van der Waals surface area contributed by atoms with E-state index in [0.29, 0.717) is 24.7 Å². The molecule has 0 aromatic heterocycles. The summed E-state index contributed by atoms with van der Waals surface area (Å²) < 4.78 is 24.9. The van der Waals surface area contributed by atoms with Gasteiger partial charge in [0.2, 0.25) is 0 Å². The van der Waals surface area contributed by atoms with Crippen molar-refractivity contribution in [2.75, 3.05) is 19.8 Å². The van der Waals surface area contributed by atoms with Crippen LogP contribution in [-0.4, -0.2) is 24.9 Å². The Kier molecular flexibility index (Phi) is 3.74. The van der Waals surface area contributed by atoms with E-state index < -0.39 is 5.82 Å². The van der Waals surface area contributed by atoms with Gasteiger partial charge in [0.05, 0.1) is 18.2 Å². The van der Waals surface area contributed by atoms with Crippen molar-refractivity contribution in [1.29, 1.82) is 0 Å². The van der Waals surface area contributed by atoms with Crippen molar-refractivity contribution < 1.29 is 19.0 Å². The minimum Gasteiger partial charge on any atom is -0.489 e. The highest BCUT2D eigenvalue weighted by Gasteiger charge is 2.25. The maximum atomic E-state index is 14.0. The van der Waals surface area contributed by atoms with E-state index in [4.69, 9.17) is 26.2 Å². The van der Waals surface area contributed by atoms with Crippen LogP contribution in [0.15, 0.2) is 6.07 Å². The summed E-state index contributed by atoms with van der Waals surface area (Å²) in [6.07, 6.45) is 0.737. The summed E-state index contributed by atoms with van der Waals surface area (Å²) in [5, 5.41) is 9.16. The fourth-order valence-electron chi connectivity index (χ4n) is 1.81. The van der Waals surface area contributed by atoms with E-state index in [1.807, 2.05) is 0 Å². The van der Waals surface area contributed by atoms with Crippen LogP contribution in [0.5, 0.6) is 11.5 Å². The molecule has 0 radical (unpaired) electrons. The summed E-state index contributed by atoms with van der Waals surface area (Å²) in [4.78, 5) is 0. The number of aliphatic hydroxyl groups is 1. The van der Waals surface area contributed by atoms with Crippen molar-refractivity contribution >= 4 is 11.6 Å². The first kappa shape index (κ1) is 12.5. The van der Waals surface area contributed by atoms with Gasteiger partial charge >= 0.3 is 0 Å². The minimum atomic E-state index is -0.544. The van der Waals surface area contributed by atoms with Gasteiger partial charge in [-0.05, 0) is 0 Å². The maximum Gasteiger partial charge on any atom is 0.167 e. The second-order valence-electron chi connectivity index (χ2n) is 4.05. The number of ether oxygens (including phenoxy) is 2. The molecule has 94 valence electrons. The third-order valence-corrected chi connectivity index (χ3v) is 3.01. The molecule has 1 atom stereocenters. The number of aliphatic hydroxyl groups excluding tert-OH is 1. The molecule has 1 N–H and O–H groups in total. The Bertz CT molecular complexity index is 423. The lowest BCUT2D eigenvalue weighted by molar-refractivity contribution is 0.261. The summed E-state index contributed by atoms with van der Waals surface area (Å²) in [6, 6.07) is 1.42. The highest BCUT2D eigenvalue weighted by atomic mass is 35.5. The molecular weight excluding hydrogens is 247 g/mol. The molecule has 0 bridgehead atoms. The van der Waals surface area contributed by atoms with Crippen molar-refractivity contribution in [3.63, 3.8) is 0 Å². The smallest absolute Gasteiger partial charge is 0.167 e. The average Bonchev–Trinajstić information content (AvgIpc) is 2.55. The zero-order chi connectivity index (χ0) is 12.4. The predicted molar refractivity (Wildman–Crippen MR) is 62.5 cm³/mol. The van der Waals surface area contributed by atoms with Gasteiger partial charge in [-0.15, -0.1) is 0 Å². The van der Waals surface area contributed by atoms with E-state index in [0.717, 1.165) is 6.42 Å². The first-order valence-corrected chi connectivity index (χ1v) is 5.91. The van der Waals surface area contributed by atoms with Gasteiger partial charge < -0.3 is 14.6 Å². The van der Waals surface area contributed by atoms with E-state index in [1.165, 1.54) is 6.07 Å². The number of fused-ring (bicyclic) bond motifs is 1. The second kappa shape index (κ2) is 5.10. The van der Waals surface area contributed by atoms with E-state index >= 15 is 0 Å². The molecule has 3 nitrogen and oxygen atoms in total. The molecular formula is C12H14ClFO3. The molecule has 1 aromatic rings. The summed E-state index contributed by atoms with van der Waals surface area (Å²) >= 11 is 5.81. The Morgan fingerprint density at radius 2 is 2.18 bits per heavy atom. The molecule has 1 heterocycles. The van der Waals surface area contributed by atoms with Crippen LogP contribution in [0.25, 0.3) is 0 Å². The molecule has 0 spiro atoms. The van der Waals surface area contributed by atoms with Crippen LogP contribution in [0.2, 0.25) is 5.02 Å². The molecule has 0 saturated heterocycles. The van der Waals surface area contributed by atoms with Gasteiger partial charge in [0.1, 0.15) is 5.82 Å². The van der Waals surface area contributed by atoms with Crippen LogP contribution in [0.4, 0.5) is 4.39 Å². The Morgan fingerprint density at radius 1 is 1.47 bits per heavy atom. The topological polar surface area (TPSA) is 38.7 Å². The third-order valence-electron chi connectivity index (χ3n) is 2.73. The van der Waals surface area contributed by atoms with Gasteiger partial charge in [0.15, 0.2) is 11.5 Å². The third kappa shape index (κ3) is 2.33. The first-order valence-electron chi connectivity index (χ1n) is 5.53. The van der Waals surface area contributed by atoms with Gasteiger partial charge in [-0.25, -0.2) is 4.39 Å². The average molecular weight is 261 g/mol. The van der Waals surface area contributed by atoms with Crippen molar-refractivity contribution in [1.82, 2.24) is 0 Å². The molecule has 1 aliphatic heterocycles. The predicted octanol–water partition coefficient (Wildman–Crippen LogP) is 2.74. The summed E-state index contributed by atoms with van der Waals surface area (Å²) in [7, 11) is 0. The number of hydrogen-bond acceptors (Lipinski definition) is 3. The Balaban J connectivity index is 2.57. The highest BCUT2D eigenvalue weighted by Crippen LogP contribution is 2.42. The van der Waals surface area contributed by atoms with Gasteiger partial charge in [0, 0.05) is 30.6 Å². The number of halogens is 2. The zero-order valence-corrected chi connectivity index (χ0v) is 10.3. The lowest BCUT2D eigenvalue weighted by Crippen LogP contribution is -2.07. The number of benzene rings is 1. The summed E-state index contributed by atoms with van der Waals surface area (Å²) in [5.74, 6) is -0.114. The fraction of sp³-hybridized carbons (Fsp3) is 0.500. The number of rotatable bonds is 2. The SMILES string of the molecule is CC(CO)c1c(F)c(Cl)cc2c1OCCCO2.